The number of ether oxygens (including phenoxy) is 2. The van der Waals surface area contributed by atoms with Gasteiger partial charge in [0.1, 0.15) is 0 Å². The lowest BCUT2D eigenvalue weighted by molar-refractivity contribution is 0.122. The number of benzene rings is 2. The van der Waals surface area contributed by atoms with Crippen molar-refractivity contribution in [2.45, 2.75) is 31.7 Å². The quantitative estimate of drug-likeness (QED) is 0.396. The van der Waals surface area contributed by atoms with Gasteiger partial charge < -0.3 is 30.4 Å². The van der Waals surface area contributed by atoms with Gasteiger partial charge in [0.05, 0.1) is 44.2 Å². The first-order valence-electron chi connectivity index (χ1n) is 11.4. The minimum atomic E-state index is -0.0877. The molecule has 9 heteroatoms. The Bertz CT molecular complexity index is 1280. The van der Waals surface area contributed by atoms with Crippen LogP contribution < -0.4 is 21.5 Å². The van der Waals surface area contributed by atoms with E-state index in [1.807, 2.05) is 0 Å². The van der Waals surface area contributed by atoms with Crippen LogP contribution in [0.4, 0.5) is 11.4 Å². The Morgan fingerprint density at radius 3 is 2.68 bits per heavy atom. The van der Waals surface area contributed by atoms with Crippen molar-refractivity contribution < 1.29 is 9.47 Å². The van der Waals surface area contributed by atoms with Crippen molar-refractivity contribution in [3.05, 3.63) is 58.9 Å². The highest BCUT2D eigenvalue weighted by Gasteiger charge is 2.26. The molecule has 0 spiro atoms. The third kappa shape index (κ3) is 4.34. The van der Waals surface area contributed by atoms with Gasteiger partial charge in [-0.15, -0.1) is 0 Å². The molecule has 34 heavy (non-hydrogen) atoms. The summed E-state index contributed by atoms with van der Waals surface area (Å²) < 4.78 is 11.0. The van der Waals surface area contributed by atoms with Gasteiger partial charge in [-0.1, -0.05) is 35.7 Å². The summed E-state index contributed by atoms with van der Waals surface area (Å²) in [7, 11) is 0. The van der Waals surface area contributed by atoms with Crippen LogP contribution in [0.2, 0.25) is 0 Å². The highest BCUT2D eigenvalue weighted by atomic mass is 32.2. The molecule has 176 valence electrons. The molecule has 0 radical (unpaired) electrons. The van der Waals surface area contributed by atoms with Gasteiger partial charge in [-0.05, 0) is 30.3 Å². The number of nitrogens with one attached hydrogen (secondary N) is 2. The minimum Gasteiger partial charge on any atom is -0.378 e. The van der Waals surface area contributed by atoms with Gasteiger partial charge in [0.15, 0.2) is 0 Å². The number of nitrogens with two attached hydrogens (primary N) is 1. The Morgan fingerprint density at radius 1 is 0.971 bits per heavy atom. The predicted molar refractivity (Wildman–Crippen MR) is 136 cm³/mol. The van der Waals surface area contributed by atoms with Crippen LogP contribution in [0.3, 0.4) is 0 Å². The van der Waals surface area contributed by atoms with Crippen LogP contribution in [0.1, 0.15) is 0 Å². The van der Waals surface area contributed by atoms with E-state index in [4.69, 9.17) is 15.2 Å². The van der Waals surface area contributed by atoms with E-state index in [0.29, 0.717) is 26.4 Å². The Balaban J connectivity index is 1.30. The van der Waals surface area contributed by atoms with E-state index in [0.717, 1.165) is 35.7 Å². The molecule has 1 aromatic heterocycles. The number of fused-ring (bicyclic) bond motifs is 2. The van der Waals surface area contributed by atoms with Gasteiger partial charge >= 0.3 is 0 Å². The molecular weight excluding hydrogens is 468 g/mol. The van der Waals surface area contributed by atoms with Crippen LogP contribution in [0.15, 0.2) is 72.9 Å². The SMILES string of the molecule is N[C@H]1COC[C@H]1Nc1ccc2c(c1)Sc1cccc(-c3cc(N4CCOCC4)cc(=O)[nH]3)c1S2. The second-order valence-electron chi connectivity index (χ2n) is 8.67. The lowest BCUT2D eigenvalue weighted by Gasteiger charge is -2.29. The molecule has 0 bridgehead atoms. The largest absolute Gasteiger partial charge is 0.378 e. The monoisotopic (exact) mass is 494 g/mol. The molecule has 6 rings (SSSR count). The standard InChI is InChI=1S/C25H26N4O3S2/c26-18-13-32-14-20(18)27-15-4-5-21-23(10-15)33-22-3-1-2-17(25(22)34-21)19-11-16(12-24(30)28-19)29-6-8-31-9-7-29/h1-5,10-12,18,20,27H,6-9,13-14,26H2,(H,28,30)/t18-,20+/m0/s1. The summed E-state index contributed by atoms with van der Waals surface area (Å²) in [5, 5.41) is 3.52. The highest BCUT2D eigenvalue weighted by Crippen LogP contribution is 2.52. The van der Waals surface area contributed by atoms with Gasteiger partial charge in [0.25, 0.3) is 0 Å². The van der Waals surface area contributed by atoms with Crippen molar-refractivity contribution in [2.24, 2.45) is 5.73 Å². The van der Waals surface area contributed by atoms with Crippen molar-refractivity contribution in [3.8, 4) is 11.3 Å². The van der Waals surface area contributed by atoms with E-state index in [9.17, 15) is 4.79 Å². The lowest BCUT2D eigenvalue weighted by atomic mass is 10.1. The Kier molecular flexibility index (Phi) is 6.04. The van der Waals surface area contributed by atoms with E-state index < -0.39 is 0 Å². The predicted octanol–water partition coefficient (Wildman–Crippen LogP) is 3.63. The second-order valence-corrected chi connectivity index (χ2v) is 10.8. The number of anilines is 2. The van der Waals surface area contributed by atoms with Crippen molar-refractivity contribution in [1.29, 1.82) is 0 Å². The van der Waals surface area contributed by atoms with E-state index >= 15 is 0 Å². The summed E-state index contributed by atoms with van der Waals surface area (Å²) in [6.07, 6.45) is 0. The van der Waals surface area contributed by atoms with Crippen LogP contribution in [0.25, 0.3) is 11.3 Å². The first kappa shape index (κ1) is 22.1. The number of aromatic amines is 1. The number of aromatic nitrogens is 1. The molecule has 2 fully saturated rings. The van der Waals surface area contributed by atoms with E-state index in [-0.39, 0.29) is 17.6 Å². The summed E-state index contributed by atoms with van der Waals surface area (Å²) in [5.41, 5.74) is 9.94. The van der Waals surface area contributed by atoms with Crippen LogP contribution in [-0.4, -0.2) is 56.6 Å². The molecule has 2 aromatic carbocycles. The van der Waals surface area contributed by atoms with Gasteiger partial charge in [-0.2, -0.15) is 0 Å². The topological polar surface area (TPSA) is 92.6 Å². The zero-order valence-electron chi connectivity index (χ0n) is 18.6. The van der Waals surface area contributed by atoms with Gasteiger partial charge in [-0.3, -0.25) is 4.79 Å². The normalized spacial score (nSPS) is 21.7. The van der Waals surface area contributed by atoms with Crippen LogP contribution in [-0.2, 0) is 9.47 Å². The van der Waals surface area contributed by atoms with Crippen LogP contribution in [0.5, 0.6) is 0 Å². The van der Waals surface area contributed by atoms with Crippen LogP contribution >= 0.6 is 23.5 Å². The molecule has 4 N–H and O–H groups in total. The first-order chi connectivity index (χ1) is 16.6. The molecule has 3 aliphatic rings. The Hall–Kier alpha value is -2.43. The fourth-order valence-corrected chi connectivity index (χ4v) is 6.93. The van der Waals surface area contributed by atoms with Gasteiger partial charge in [0.2, 0.25) is 5.56 Å². The molecule has 0 saturated carbocycles. The summed E-state index contributed by atoms with van der Waals surface area (Å²) >= 11 is 3.51. The van der Waals surface area contributed by atoms with Crippen molar-refractivity contribution in [1.82, 2.24) is 4.98 Å². The summed E-state index contributed by atoms with van der Waals surface area (Å²) in [6, 6.07) is 16.6. The van der Waals surface area contributed by atoms with Crippen molar-refractivity contribution in [3.63, 3.8) is 0 Å². The summed E-state index contributed by atoms with van der Waals surface area (Å²) in [5.74, 6) is 0. The molecule has 0 amide bonds. The number of rotatable bonds is 4. The third-order valence-corrected chi connectivity index (χ3v) is 8.92. The fourth-order valence-electron chi connectivity index (χ4n) is 4.52. The Labute approximate surface area is 206 Å². The molecule has 0 aliphatic carbocycles. The summed E-state index contributed by atoms with van der Waals surface area (Å²) in [4.78, 5) is 22.6. The molecule has 2 saturated heterocycles. The smallest absolute Gasteiger partial charge is 0.250 e. The van der Waals surface area contributed by atoms with Gasteiger partial charge in [0, 0.05) is 55.7 Å². The molecule has 4 heterocycles. The van der Waals surface area contributed by atoms with E-state index in [1.54, 1.807) is 29.6 Å². The van der Waals surface area contributed by atoms with E-state index in [1.165, 1.54) is 19.6 Å². The molecule has 3 aliphatic heterocycles. The number of hydrogen-bond donors (Lipinski definition) is 3. The minimum absolute atomic E-state index is 0.0109. The molecule has 2 atom stereocenters. The zero-order chi connectivity index (χ0) is 23.1. The highest BCUT2D eigenvalue weighted by molar-refractivity contribution is 8.05. The average Bonchev–Trinajstić information content (AvgIpc) is 3.26. The van der Waals surface area contributed by atoms with Crippen molar-refractivity contribution in [2.75, 3.05) is 49.7 Å². The Morgan fingerprint density at radius 2 is 1.85 bits per heavy atom. The fraction of sp³-hybridized carbons (Fsp3) is 0.320. The maximum absolute atomic E-state index is 12.5. The lowest BCUT2D eigenvalue weighted by Crippen LogP contribution is -2.38. The third-order valence-electron chi connectivity index (χ3n) is 6.33. The molecule has 7 nitrogen and oxygen atoms in total. The molecular formula is C25H26N4O3S2. The molecule has 0 unspecified atom stereocenters. The summed E-state index contributed by atoms with van der Waals surface area (Å²) in [6.45, 7) is 4.18. The maximum Gasteiger partial charge on any atom is 0.250 e. The first-order valence-corrected chi connectivity index (χ1v) is 13.1. The van der Waals surface area contributed by atoms with E-state index in [2.05, 4.69) is 57.7 Å². The number of H-pyrrole nitrogens is 1. The number of hydrogen-bond acceptors (Lipinski definition) is 8. The van der Waals surface area contributed by atoms with Crippen LogP contribution in [0, 0.1) is 0 Å². The maximum atomic E-state index is 12.5. The van der Waals surface area contributed by atoms with Crippen molar-refractivity contribution >= 4 is 34.9 Å². The zero-order valence-corrected chi connectivity index (χ0v) is 20.2. The average molecular weight is 495 g/mol. The number of morpholine rings is 1. The van der Waals surface area contributed by atoms with Gasteiger partial charge in [-0.25, -0.2) is 0 Å². The number of pyridine rings is 1. The molecule has 3 aromatic rings. The second kappa shape index (κ2) is 9.31. The number of nitrogens with zero attached hydrogens (tertiary/aromatic N) is 1.